The highest BCUT2D eigenvalue weighted by molar-refractivity contribution is 6.30. The van der Waals surface area contributed by atoms with Gasteiger partial charge >= 0.3 is 6.09 Å². The molecule has 2 saturated heterocycles. The fourth-order valence-corrected chi connectivity index (χ4v) is 6.55. The molecule has 2 fully saturated rings. The third-order valence-corrected chi connectivity index (χ3v) is 8.83. The Kier molecular flexibility index (Phi) is 9.27. The van der Waals surface area contributed by atoms with Crippen LogP contribution in [0.1, 0.15) is 53.0 Å². The molecule has 4 heterocycles. The van der Waals surface area contributed by atoms with E-state index in [9.17, 15) is 9.59 Å². The molecule has 0 unspecified atom stereocenters. The lowest BCUT2D eigenvalue weighted by Gasteiger charge is -2.40. The number of rotatable bonds is 7. The number of imidazole rings is 1. The number of nitrogens with one attached hydrogen (secondary N) is 2. The normalized spacial score (nSPS) is 19.8. The van der Waals surface area contributed by atoms with E-state index in [-0.39, 0.29) is 30.8 Å². The molecule has 11 nitrogen and oxygen atoms in total. The summed E-state index contributed by atoms with van der Waals surface area (Å²) in [6.45, 7) is 4.07. The molecule has 2 N–H and O–H groups in total. The summed E-state index contributed by atoms with van der Waals surface area (Å²) in [5, 5.41) is 7.06. The van der Waals surface area contributed by atoms with Crippen molar-refractivity contribution in [1.29, 1.82) is 0 Å². The molecule has 0 saturated carbocycles. The second kappa shape index (κ2) is 13.5. The quantitative estimate of drug-likeness (QED) is 0.414. The molecule has 3 aromatic rings. The Morgan fingerprint density at radius 2 is 1.95 bits per heavy atom. The third kappa shape index (κ3) is 6.37. The summed E-state index contributed by atoms with van der Waals surface area (Å²) in [7, 11) is 3.40. The molecule has 6 rings (SSSR count). The first-order valence-corrected chi connectivity index (χ1v) is 15.4. The monoisotopic (exact) mass is 619 g/mol. The zero-order chi connectivity index (χ0) is 30.6. The van der Waals surface area contributed by atoms with Crippen molar-refractivity contribution in [3.63, 3.8) is 0 Å². The summed E-state index contributed by atoms with van der Waals surface area (Å²) >= 11 is 6.65. The van der Waals surface area contributed by atoms with Crippen LogP contribution < -0.4 is 10.6 Å². The maximum absolute atomic E-state index is 13.0. The Balaban J connectivity index is 1.35. The SMILES string of the molecule is COCC(=O)N[C@H](C1=Cc2cccnc2[C@@H](N2CCN(C(=O)OC3CCNCC3)CC2)c2ccc(Cl)cc21)c1cncn1C. The fraction of sp³-hybridized carbons (Fsp3) is 0.438. The molecule has 2 atom stereocenters. The Hall–Kier alpha value is -3.77. The fourth-order valence-electron chi connectivity index (χ4n) is 6.38. The minimum atomic E-state index is -0.532. The van der Waals surface area contributed by atoms with Gasteiger partial charge in [-0.15, -0.1) is 0 Å². The zero-order valence-electron chi connectivity index (χ0n) is 25.0. The van der Waals surface area contributed by atoms with E-state index >= 15 is 0 Å². The number of piperidine rings is 1. The van der Waals surface area contributed by atoms with Gasteiger partial charge in [0.1, 0.15) is 12.7 Å². The minimum absolute atomic E-state index is 0.0300. The number of piperazine rings is 1. The second-order valence-electron chi connectivity index (χ2n) is 11.4. The number of hydrogen-bond donors (Lipinski definition) is 2. The van der Waals surface area contributed by atoms with E-state index in [4.69, 9.17) is 26.1 Å². The van der Waals surface area contributed by atoms with Crippen LogP contribution in [0, 0.1) is 0 Å². The van der Waals surface area contributed by atoms with Crippen LogP contribution >= 0.6 is 11.6 Å². The van der Waals surface area contributed by atoms with Gasteiger partial charge in [-0.05, 0) is 72.5 Å². The number of carbonyl (C=O) groups is 2. The van der Waals surface area contributed by atoms with Gasteiger partial charge in [0.25, 0.3) is 0 Å². The molecule has 232 valence electrons. The van der Waals surface area contributed by atoms with E-state index in [0.717, 1.165) is 59.6 Å². The zero-order valence-corrected chi connectivity index (χ0v) is 25.8. The molecule has 3 aliphatic rings. The number of benzene rings is 1. The van der Waals surface area contributed by atoms with Crippen LogP contribution in [0.2, 0.25) is 5.02 Å². The molecular weight excluding hydrogens is 582 g/mol. The summed E-state index contributed by atoms with van der Waals surface area (Å²) in [4.78, 5) is 39.4. The van der Waals surface area contributed by atoms with Crippen LogP contribution in [0.3, 0.4) is 0 Å². The summed E-state index contributed by atoms with van der Waals surface area (Å²) in [6.07, 6.45) is 8.80. The summed E-state index contributed by atoms with van der Waals surface area (Å²) in [6, 6.07) is 9.15. The maximum Gasteiger partial charge on any atom is 0.410 e. The topological polar surface area (TPSA) is 114 Å². The highest BCUT2D eigenvalue weighted by atomic mass is 35.5. The summed E-state index contributed by atoms with van der Waals surface area (Å²) < 4.78 is 12.9. The van der Waals surface area contributed by atoms with Gasteiger partial charge in [-0.25, -0.2) is 9.78 Å². The van der Waals surface area contributed by atoms with Crippen molar-refractivity contribution in [2.24, 2.45) is 7.05 Å². The van der Waals surface area contributed by atoms with Crippen molar-refractivity contribution in [3.05, 3.63) is 82.2 Å². The van der Waals surface area contributed by atoms with Gasteiger partial charge in [-0.1, -0.05) is 23.7 Å². The van der Waals surface area contributed by atoms with Gasteiger partial charge in [0.15, 0.2) is 0 Å². The molecule has 0 bridgehead atoms. The van der Waals surface area contributed by atoms with Crippen molar-refractivity contribution in [3.8, 4) is 0 Å². The Morgan fingerprint density at radius 3 is 2.68 bits per heavy atom. The third-order valence-electron chi connectivity index (χ3n) is 8.59. The van der Waals surface area contributed by atoms with Crippen LogP contribution in [0.4, 0.5) is 4.79 Å². The highest BCUT2D eigenvalue weighted by Crippen LogP contribution is 2.44. The number of ether oxygens (including phenoxy) is 2. The Labute approximate surface area is 262 Å². The molecule has 12 heteroatoms. The number of amides is 2. The number of aromatic nitrogens is 3. The second-order valence-corrected chi connectivity index (χ2v) is 11.9. The lowest BCUT2D eigenvalue weighted by atomic mass is 9.89. The Morgan fingerprint density at radius 1 is 1.16 bits per heavy atom. The number of methoxy groups -OCH3 is 1. The lowest BCUT2D eigenvalue weighted by Crippen LogP contribution is -2.51. The number of pyridine rings is 1. The number of halogens is 1. The minimum Gasteiger partial charge on any atom is -0.446 e. The molecule has 2 aromatic heterocycles. The van der Waals surface area contributed by atoms with E-state index in [0.29, 0.717) is 31.2 Å². The van der Waals surface area contributed by atoms with Crippen LogP contribution in [0.25, 0.3) is 11.6 Å². The first kappa shape index (κ1) is 30.3. The van der Waals surface area contributed by atoms with Crippen LogP contribution in [-0.2, 0) is 21.3 Å². The first-order valence-electron chi connectivity index (χ1n) is 15.0. The van der Waals surface area contributed by atoms with Crippen molar-refractivity contribution in [1.82, 2.24) is 35.0 Å². The van der Waals surface area contributed by atoms with Crippen molar-refractivity contribution in [2.75, 3.05) is 53.0 Å². The predicted octanol–water partition coefficient (Wildman–Crippen LogP) is 3.42. The maximum atomic E-state index is 13.0. The standard InChI is InChI=1S/C32H38ClN7O4/c1-38-20-35-18-27(38)30(37-28(41)19-43-2)26-16-21-4-3-9-36-29(21)31(24-6-5-22(33)17-25(24)26)39-12-14-40(15-13-39)32(42)44-23-7-10-34-11-8-23/h3-6,9,16-18,20,23,30-31,34H,7-8,10-15,19H2,1-2H3,(H,37,41)/t30-,31+/m1/s1. The van der Waals surface area contributed by atoms with Crippen LogP contribution in [-0.4, -0.2) is 95.4 Å². The van der Waals surface area contributed by atoms with Crippen LogP contribution in [0.15, 0.2) is 49.1 Å². The molecule has 1 aromatic carbocycles. The number of aryl methyl sites for hydroxylation is 1. The number of carbonyl (C=O) groups excluding carboxylic acids is 2. The van der Waals surface area contributed by atoms with E-state index in [1.807, 2.05) is 47.0 Å². The van der Waals surface area contributed by atoms with Gasteiger partial charge in [0, 0.05) is 51.6 Å². The average Bonchev–Trinajstić information content (AvgIpc) is 3.40. The molecule has 2 amide bonds. The number of hydrogen-bond acceptors (Lipinski definition) is 8. The smallest absolute Gasteiger partial charge is 0.410 e. The van der Waals surface area contributed by atoms with E-state index < -0.39 is 6.04 Å². The van der Waals surface area contributed by atoms with Crippen molar-refractivity contribution >= 4 is 35.3 Å². The largest absolute Gasteiger partial charge is 0.446 e. The van der Waals surface area contributed by atoms with E-state index in [1.54, 1.807) is 12.5 Å². The molecule has 2 aliphatic heterocycles. The van der Waals surface area contributed by atoms with E-state index in [2.05, 4.69) is 32.7 Å². The van der Waals surface area contributed by atoms with Crippen molar-refractivity contribution < 1.29 is 19.1 Å². The molecule has 0 spiro atoms. The highest BCUT2D eigenvalue weighted by Gasteiger charge is 2.36. The molecule has 44 heavy (non-hydrogen) atoms. The van der Waals surface area contributed by atoms with Gasteiger partial charge < -0.3 is 29.6 Å². The van der Waals surface area contributed by atoms with Gasteiger partial charge in [-0.2, -0.15) is 0 Å². The van der Waals surface area contributed by atoms with Gasteiger partial charge in [0.05, 0.1) is 36.0 Å². The molecular formula is C32H38ClN7O4. The van der Waals surface area contributed by atoms with Crippen LogP contribution in [0.5, 0.6) is 0 Å². The number of fused-ring (bicyclic) bond motifs is 2. The summed E-state index contributed by atoms with van der Waals surface area (Å²) in [5.74, 6) is -0.247. The first-order chi connectivity index (χ1) is 21.4. The van der Waals surface area contributed by atoms with Crippen molar-refractivity contribution in [2.45, 2.75) is 31.0 Å². The number of nitrogens with zero attached hydrogens (tertiary/aromatic N) is 5. The predicted molar refractivity (Wildman–Crippen MR) is 167 cm³/mol. The lowest BCUT2D eigenvalue weighted by molar-refractivity contribution is -0.125. The summed E-state index contributed by atoms with van der Waals surface area (Å²) in [5.41, 5.74) is 5.48. The Bertz CT molecular complexity index is 1530. The van der Waals surface area contributed by atoms with Gasteiger partial charge in [0.2, 0.25) is 5.91 Å². The molecule has 0 radical (unpaired) electrons. The molecule has 1 aliphatic carbocycles. The van der Waals surface area contributed by atoms with E-state index in [1.165, 1.54) is 7.11 Å². The average molecular weight is 620 g/mol. The van der Waals surface area contributed by atoms with Gasteiger partial charge in [-0.3, -0.25) is 14.7 Å².